The molecule has 1 aromatic heterocycles. The highest BCUT2D eigenvalue weighted by molar-refractivity contribution is 7.99. The van der Waals surface area contributed by atoms with Crippen molar-refractivity contribution in [2.45, 2.75) is 25.9 Å². The van der Waals surface area contributed by atoms with Crippen LogP contribution >= 0.6 is 11.8 Å². The molecule has 1 fully saturated rings. The van der Waals surface area contributed by atoms with Crippen molar-refractivity contribution < 1.29 is 14.3 Å². The predicted octanol–water partition coefficient (Wildman–Crippen LogP) is 3.40. The van der Waals surface area contributed by atoms with Gasteiger partial charge >= 0.3 is 6.09 Å². The monoisotopic (exact) mass is 480 g/mol. The van der Waals surface area contributed by atoms with Crippen LogP contribution in [0.15, 0.2) is 52.4 Å². The van der Waals surface area contributed by atoms with Gasteiger partial charge in [-0.05, 0) is 44.0 Å². The van der Waals surface area contributed by atoms with Gasteiger partial charge in [-0.3, -0.25) is 14.2 Å². The van der Waals surface area contributed by atoms with Gasteiger partial charge in [0.25, 0.3) is 5.56 Å². The minimum atomic E-state index is -0.345. The van der Waals surface area contributed by atoms with Crippen LogP contribution < -0.4 is 5.56 Å². The zero-order chi connectivity index (χ0) is 24.2. The van der Waals surface area contributed by atoms with Gasteiger partial charge in [0.2, 0.25) is 5.91 Å². The number of para-hydroxylation sites is 2. The number of piperazine rings is 1. The SMILES string of the molecule is CCOC(=O)N1CCN(C(=O)CSc2nc3ccccc3c(=O)n2-c2c(C)cccc2C)CC1. The molecule has 0 saturated carbocycles. The van der Waals surface area contributed by atoms with Crippen molar-refractivity contribution in [3.05, 3.63) is 63.9 Å². The first-order valence-corrected chi connectivity index (χ1v) is 12.3. The maximum Gasteiger partial charge on any atom is 0.409 e. The van der Waals surface area contributed by atoms with Crippen LogP contribution in [0.1, 0.15) is 18.1 Å². The van der Waals surface area contributed by atoms with E-state index in [1.165, 1.54) is 11.8 Å². The molecular formula is C25H28N4O4S. The molecule has 0 atom stereocenters. The van der Waals surface area contributed by atoms with Crippen molar-refractivity contribution >= 4 is 34.7 Å². The maximum absolute atomic E-state index is 13.5. The number of nitrogens with zero attached hydrogens (tertiary/aromatic N) is 4. The van der Waals surface area contributed by atoms with Crippen molar-refractivity contribution in [2.75, 3.05) is 38.5 Å². The zero-order valence-electron chi connectivity index (χ0n) is 19.6. The van der Waals surface area contributed by atoms with E-state index < -0.39 is 0 Å². The topological polar surface area (TPSA) is 84.7 Å². The Kier molecular flexibility index (Phi) is 7.21. The lowest BCUT2D eigenvalue weighted by Crippen LogP contribution is -2.51. The molecule has 4 rings (SSSR count). The molecule has 2 heterocycles. The van der Waals surface area contributed by atoms with Gasteiger partial charge in [-0.15, -0.1) is 0 Å². The summed E-state index contributed by atoms with van der Waals surface area (Å²) in [6.07, 6.45) is -0.345. The van der Waals surface area contributed by atoms with Crippen LogP contribution in [0.4, 0.5) is 4.79 Å². The minimum Gasteiger partial charge on any atom is -0.450 e. The van der Waals surface area contributed by atoms with Crippen LogP contribution in [0, 0.1) is 13.8 Å². The van der Waals surface area contributed by atoms with Crippen molar-refractivity contribution in [1.29, 1.82) is 0 Å². The summed E-state index contributed by atoms with van der Waals surface area (Å²) < 4.78 is 6.67. The van der Waals surface area contributed by atoms with E-state index in [0.29, 0.717) is 48.8 Å². The first kappa shape index (κ1) is 23.8. The lowest BCUT2D eigenvalue weighted by atomic mass is 10.1. The molecule has 34 heavy (non-hydrogen) atoms. The van der Waals surface area contributed by atoms with Crippen molar-refractivity contribution in [1.82, 2.24) is 19.4 Å². The lowest BCUT2D eigenvalue weighted by Gasteiger charge is -2.34. The number of amides is 2. The molecule has 0 spiro atoms. The molecule has 1 aliphatic heterocycles. The maximum atomic E-state index is 13.5. The van der Waals surface area contributed by atoms with E-state index in [1.54, 1.807) is 27.4 Å². The molecule has 9 heteroatoms. The summed E-state index contributed by atoms with van der Waals surface area (Å²) in [5.74, 6) is 0.0961. The van der Waals surface area contributed by atoms with E-state index in [1.807, 2.05) is 50.2 Å². The molecule has 3 aromatic rings. The number of carbonyl (C=O) groups excluding carboxylic acids is 2. The first-order valence-electron chi connectivity index (χ1n) is 11.3. The fourth-order valence-electron chi connectivity index (χ4n) is 4.14. The Morgan fingerprint density at radius 3 is 2.29 bits per heavy atom. The Bertz CT molecular complexity index is 1260. The van der Waals surface area contributed by atoms with Gasteiger partial charge in [0.05, 0.1) is 29.0 Å². The molecule has 1 saturated heterocycles. The second-order valence-electron chi connectivity index (χ2n) is 8.15. The van der Waals surface area contributed by atoms with Gasteiger partial charge in [0.1, 0.15) is 0 Å². The van der Waals surface area contributed by atoms with E-state index in [4.69, 9.17) is 9.72 Å². The number of aryl methyl sites for hydroxylation is 2. The Labute approximate surface area is 202 Å². The van der Waals surface area contributed by atoms with Crippen LogP contribution in [0.25, 0.3) is 16.6 Å². The average molecular weight is 481 g/mol. The Morgan fingerprint density at radius 1 is 0.971 bits per heavy atom. The van der Waals surface area contributed by atoms with Gasteiger partial charge in [-0.2, -0.15) is 0 Å². The van der Waals surface area contributed by atoms with Crippen molar-refractivity contribution in [3.63, 3.8) is 0 Å². The van der Waals surface area contributed by atoms with E-state index in [9.17, 15) is 14.4 Å². The third-order valence-electron chi connectivity index (χ3n) is 5.89. The summed E-state index contributed by atoms with van der Waals surface area (Å²) >= 11 is 1.26. The summed E-state index contributed by atoms with van der Waals surface area (Å²) in [6, 6.07) is 13.1. The fraction of sp³-hybridized carbons (Fsp3) is 0.360. The van der Waals surface area contributed by atoms with Gasteiger partial charge in [0, 0.05) is 26.2 Å². The van der Waals surface area contributed by atoms with Gasteiger partial charge < -0.3 is 14.5 Å². The van der Waals surface area contributed by atoms with Crippen molar-refractivity contribution in [3.8, 4) is 5.69 Å². The number of ether oxygens (including phenoxy) is 1. The zero-order valence-corrected chi connectivity index (χ0v) is 20.4. The number of aromatic nitrogens is 2. The summed E-state index contributed by atoms with van der Waals surface area (Å²) in [7, 11) is 0. The third-order valence-corrected chi connectivity index (χ3v) is 6.81. The Morgan fingerprint density at radius 2 is 1.62 bits per heavy atom. The Balaban J connectivity index is 1.58. The number of hydrogen-bond acceptors (Lipinski definition) is 6. The van der Waals surface area contributed by atoms with E-state index >= 15 is 0 Å². The van der Waals surface area contributed by atoms with Gasteiger partial charge in [0.15, 0.2) is 5.16 Å². The number of fused-ring (bicyclic) bond motifs is 1. The van der Waals surface area contributed by atoms with Crippen LogP contribution in [0.5, 0.6) is 0 Å². The number of rotatable bonds is 5. The van der Waals surface area contributed by atoms with Crippen LogP contribution in [-0.2, 0) is 9.53 Å². The molecular weight excluding hydrogens is 452 g/mol. The van der Waals surface area contributed by atoms with E-state index in [-0.39, 0.29) is 23.3 Å². The quantitative estimate of drug-likeness (QED) is 0.411. The first-order chi connectivity index (χ1) is 16.4. The number of hydrogen-bond donors (Lipinski definition) is 0. The molecule has 8 nitrogen and oxygen atoms in total. The average Bonchev–Trinajstić information content (AvgIpc) is 2.84. The van der Waals surface area contributed by atoms with Crippen LogP contribution in [-0.4, -0.2) is 69.9 Å². The largest absolute Gasteiger partial charge is 0.450 e. The number of carbonyl (C=O) groups is 2. The summed E-state index contributed by atoms with van der Waals surface area (Å²) in [6.45, 7) is 7.82. The minimum absolute atomic E-state index is 0.0519. The standard InChI is InChI=1S/C25H28N4O4S/c1-4-33-25(32)28-14-12-27(13-15-28)21(30)16-34-24-26-20-11-6-5-10-19(20)23(31)29(24)22-17(2)8-7-9-18(22)3/h5-11H,4,12-16H2,1-3H3. The molecule has 2 aromatic carbocycles. The number of benzene rings is 2. The van der Waals surface area contributed by atoms with E-state index in [0.717, 1.165) is 16.8 Å². The predicted molar refractivity (Wildman–Crippen MR) is 133 cm³/mol. The molecule has 0 unspecified atom stereocenters. The molecule has 0 N–H and O–H groups in total. The highest BCUT2D eigenvalue weighted by Crippen LogP contribution is 2.25. The normalized spacial score (nSPS) is 13.9. The summed E-state index contributed by atoms with van der Waals surface area (Å²) in [5.41, 5.74) is 3.17. The molecule has 0 bridgehead atoms. The smallest absolute Gasteiger partial charge is 0.409 e. The van der Waals surface area contributed by atoms with Crippen LogP contribution in [0.3, 0.4) is 0 Å². The van der Waals surface area contributed by atoms with E-state index in [2.05, 4.69) is 0 Å². The highest BCUT2D eigenvalue weighted by atomic mass is 32.2. The fourth-order valence-corrected chi connectivity index (χ4v) is 5.04. The van der Waals surface area contributed by atoms with Crippen LogP contribution in [0.2, 0.25) is 0 Å². The molecule has 178 valence electrons. The molecule has 0 radical (unpaired) electrons. The van der Waals surface area contributed by atoms with Gasteiger partial charge in [-0.1, -0.05) is 42.1 Å². The molecule has 1 aliphatic rings. The molecule has 0 aliphatic carbocycles. The number of thioether (sulfide) groups is 1. The third kappa shape index (κ3) is 4.79. The Hall–Kier alpha value is -3.33. The summed E-state index contributed by atoms with van der Waals surface area (Å²) in [4.78, 5) is 46.5. The second kappa shape index (κ2) is 10.3. The van der Waals surface area contributed by atoms with Crippen molar-refractivity contribution in [2.24, 2.45) is 0 Å². The highest BCUT2D eigenvalue weighted by Gasteiger charge is 2.25. The van der Waals surface area contributed by atoms with Gasteiger partial charge in [-0.25, -0.2) is 9.78 Å². The lowest BCUT2D eigenvalue weighted by molar-refractivity contribution is -0.129. The summed E-state index contributed by atoms with van der Waals surface area (Å²) in [5, 5.41) is 1.02. The second-order valence-corrected chi connectivity index (χ2v) is 9.09. The molecule has 2 amide bonds.